The number of primary amides is 1. The molecule has 2 aromatic rings. The van der Waals surface area contributed by atoms with Gasteiger partial charge in [0, 0.05) is 13.6 Å². The summed E-state index contributed by atoms with van der Waals surface area (Å²) in [7, 11) is 1.68. The van der Waals surface area contributed by atoms with Gasteiger partial charge in [-0.25, -0.2) is 9.78 Å². The number of aryl methyl sites for hydroxylation is 1. The standard InChI is InChI=1S/C18H26N8O4/c1-3-25-17(29)14(12(27)8-24-7-5-4-6-11(24)16(20)28)15(19)26(18(25)30)9-13-21-10-23(2)22-13/h10-11H,3-9,19H2,1-2H3,(H2,20,28)/t11-/m1/s1. The van der Waals surface area contributed by atoms with Crippen molar-refractivity contribution < 1.29 is 9.59 Å². The van der Waals surface area contributed by atoms with E-state index in [2.05, 4.69) is 10.1 Å². The molecule has 1 aliphatic rings. The van der Waals surface area contributed by atoms with E-state index in [0.29, 0.717) is 18.8 Å². The van der Waals surface area contributed by atoms with Crippen molar-refractivity contribution in [1.29, 1.82) is 0 Å². The average Bonchev–Trinajstić information content (AvgIpc) is 3.10. The maximum Gasteiger partial charge on any atom is 0.333 e. The smallest absolute Gasteiger partial charge is 0.333 e. The van der Waals surface area contributed by atoms with E-state index in [1.807, 2.05) is 0 Å². The molecule has 0 radical (unpaired) electrons. The molecule has 2 aromatic heterocycles. The first kappa shape index (κ1) is 21.4. The summed E-state index contributed by atoms with van der Waals surface area (Å²) in [6, 6.07) is -0.569. The third kappa shape index (κ3) is 4.03. The maximum absolute atomic E-state index is 13.1. The third-order valence-corrected chi connectivity index (χ3v) is 5.30. The molecule has 12 nitrogen and oxygen atoms in total. The Labute approximate surface area is 172 Å². The Hall–Kier alpha value is -3.28. The van der Waals surface area contributed by atoms with Crippen LogP contribution in [-0.2, 0) is 24.9 Å². The van der Waals surface area contributed by atoms with Gasteiger partial charge in [-0.3, -0.25) is 33.1 Å². The Balaban J connectivity index is 2.01. The number of amides is 1. The highest BCUT2D eigenvalue weighted by Gasteiger charge is 2.31. The molecule has 1 fully saturated rings. The molecule has 0 bridgehead atoms. The number of hydrogen-bond acceptors (Lipinski definition) is 8. The van der Waals surface area contributed by atoms with Gasteiger partial charge in [-0.05, 0) is 26.3 Å². The summed E-state index contributed by atoms with van der Waals surface area (Å²) in [5.41, 5.74) is 9.92. The summed E-state index contributed by atoms with van der Waals surface area (Å²) < 4.78 is 3.54. The van der Waals surface area contributed by atoms with Crippen LogP contribution in [-0.4, -0.2) is 59.6 Å². The molecule has 0 unspecified atom stereocenters. The van der Waals surface area contributed by atoms with E-state index in [9.17, 15) is 19.2 Å². The molecule has 30 heavy (non-hydrogen) atoms. The fourth-order valence-corrected chi connectivity index (χ4v) is 3.77. The van der Waals surface area contributed by atoms with Crippen molar-refractivity contribution in [2.45, 2.75) is 45.3 Å². The van der Waals surface area contributed by atoms with E-state index in [4.69, 9.17) is 11.5 Å². The number of Topliss-reactive ketones (excluding diaryl/α,β-unsaturated/α-hetero) is 1. The molecule has 1 atom stereocenters. The third-order valence-electron chi connectivity index (χ3n) is 5.30. The topological polar surface area (TPSA) is 164 Å². The number of nitrogen functional groups attached to an aromatic ring is 1. The van der Waals surface area contributed by atoms with E-state index in [1.54, 1.807) is 18.9 Å². The van der Waals surface area contributed by atoms with Gasteiger partial charge in [0.1, 0.15) is 17.7 Å². The van der Waals surface area contributed by atoms with Crippen LogP contribution in [0.5, 0.6) is 0 Å². The first-order chi connectivity index (χ1) is 14.2. The van der Waals surface area contributed by atoms with Gasteiger partial charge in [-0.1, -0.05) is 6.42 Å². The zero-order chi connectivity index (χ0) is 22.0. The lowest BCUT2D eigenvalue weighted by Crippen LogP contribution is -2.51. The number of nitrogens with zero attached hydrogens (tertiary/aromatic N) is 6. The highest BCUT2D eigenvalue weighted by molar-refractivity contribution is 6.01. The number of ketones is 1. The molecular formula is C18H26N8O4. The van der Waals surface area contributed by atoms with E-state index in [1.165, 1.54) is 11.0 Å². The van der Waals surface area contributed by atoms with E-state index < -0.39 is 29.0 Å². The highest BCUT2D eigenvalue weighted by Crippen LogP contribution is 2.18. The number of nitrogens with two attached hydrogens (primary N) is 2. The first-order valence-electron chi connectivity index (χ1n) is 9.78. The van der Waals surface area contributed by atoms with Crippen molar-refractivity contribution in [3.05, 3.63) is 38.6 Å². The predicted octanol–water partition coefficient (Wildman–Crippen LogP) is -1.69. The Bertz CT molecular complexity index is 1080. The maximum atomic E-state index is 13.1. The summed E-state index contributed by atoms with van der Waals surface area (Å²) in [4.78, 5) is 56.2. The number of piperidine rings is 1. The minimum Gasteiger partial charge on any atom is -0.384 e. The Morgan fingerprint density at radius 2 is 1.97 bits per heavy atom. The van der Waals surface area contributed by atoms with Crippen LogP contribution in [0.25, 0.3) is 0 Å². The molecule has 0 aromatic carbocycles. The summed E-state index contributed by atoms with van der Waals surface area (Å²) in [6.45, 7) is 1.95. The van der Waals surface area contributed by atoms with Crippen molar-refractivity contribution in [2.24, 2.45) is 12.8 Å². The first-order valence-corrected chi connectivity index (χ1v) is 9.78. The molecule has 0 spiro atoms. The molecule has 4 N–H and O–H groups in total. The monoisotopic (exact) mass is 418 g/mol. The predicted molar refractivity (Wildman–Crippen MR) is 108 cm³/mol. The zero-order valence-corrected chi connectivity index (χ0v) is 17.1. The summed E-state index contributed by atoms with van der Waals surface area (Å²) >= 11 is 0. The number of hydrogen-bond donors (Lipinski definition) is 2. The van der Waals surface area contributed by atoms with Gasteiger partial charge in [-0.15, -0.1) is 0 Å². The van der Waals surface area contributed by atoms with Crippen LogP contribution >= 0.6 is 0 Å². The minimum atomic E-state index is -0.747. The number of anilines is 1. The van der Waals surface area contributed by atoms with Crippen molar-refractivity contribution in [1.82, 2.24) is 28.8 Å². The molecular weight excluding hydrogens is 392 g/mol. The molecule has 1 amide bonds. The molecule has 1 saturated heterocycles. The number of likely N-dealkylation sites (tertiary alicyclic amines) is 1. The quantitative estimate of drug-likeness (QED) is 0.503. The fraction of sp³-hybridized carbons (Fsp3) is 0.556. The van der Waals surface area contributed by atoms with Crippen LogP contribution in [0, 0.1) is 0 Å². The van der Waals surface area contributed by atoms with E-state index in [0.717, 1.165) is 22.0 Å². The minimum absolute atomic E-state index is 0.0709. The van der Waals surface area contributed by atoms with Crippen LogP contribution in [0.2, 0.25) is 0 Å². The summed E-state index contributed by atoms with van der Waals surface area (Å²) in [5, 5.41) is 4.12. The molecule has 3 heterocycles. The SMILES string of the molecule is CCn1c(=O)c(C(=O)CN2CCCC[C@@H]2C(N)=O)c(N)n(Cc2ncn(C)n2)c1=O. The number of carbonyl (C=O) groups excluding carboxylic acids is 2. The van der Waals surface area contributed by atoms with Gasteiger partial charge in [-0.2, -0.15) is 5.10 Å². The Morgan fingerprint density at radius 1 is 1.23 bits per heavy atom. The van der Waals surface area contributed by atoms with Gasteiger partial charge in [0.05, 0.1) is 19.1 Å². The molecule has 3 rings (SSSR count). The molecule has 0 aliphatic carbocycles. The van der Waals surface area contributed by atoms with Crippen LogP contribution in [0.1, 0.15) is 42.4 Å². The summed E-state index contributed by atoms with van der Waals surface area (Å²) in [5.74, 6) is -0.987. The second kappa shape index (κ2) is 8.61. The van der Waals surface area contributed by atoms with Gasteiger partial charge < -0.3 is 11.5 Å². The van der Waals surface area contributed by atoms with Crippen molar-refractivity contribution in [2.75, 3.05) is 18.8 Å². The van der Waals surface area contributed by atoms with E-state index >= 15 is 0 Å². The highest BCUT2D eigenvalue weighted by atomic mass is 16.2. The number of carbonyl (C=O) groups is 2. The van der Waals surface area contributed by atoms with E-state index in [-0.39, 0.29) is 31.0 Å². The molecule has 12 heteroatoms. The largest absolute Gasteiger partial charge is 0.384 e. The average molecular weight is 418 g/mol. The lowest BCUT2D eigenvalue weighted by Gasteiger charge is -2.33. The lowest BCUT2D eigenvalue weighted by molar-refractivity contribution is -0.124. The second-order valence-corrected chi connectivity index (χ2v) is 7.32. The fourth-order valence-electron chi connectivity index (χ4n) is 3.77. The zero-order valence-electron chi connectivity index (χ0n) is 17.1. The van der Waals surface area contributed by atoms with Crippen LogP contribution in [0.15, 0.2) is 15.9 Å². The van der Waals surface area contributed by atoms with Crippen molar-refractivity contribution in [3.8, 4) is 0 Å². The molecule has 162 valence electrons. The van der Waals surface area contributed by atoms with Crippen molar-refractivity contribution in [3.63, 3.8) is 0 Å². The van der Waals surface area contributed by atoms with Gasteiger partial charge in [0.15, 0.2) is 11.6 Å². The van der Waals surface area contributed by atoms with Crippen LogP contribution < -0.4 is 22.7 Å². The Kier molecular flexibility index (Phi) is 6.15. The lowest BCUT2D eigenvalue weighted by atomic mass is 10.0. The van der Waals surface area contributed by atoms with Crippen molar-refractivity contribution >= 4 is 17.5 Å². The molecule has 0 saturated carbocycles. The normalized spacial score (nSPS) is 17.2. The number of aromatic nitrogens is 5. The summed E-state index contributed by atoms with van der Waals surface area (Å²) in [6.07, 6.45) is 3.68. The molecule has 1 aliphatic heterocycles. The van der Waals surface area contributed by atoms with Gasteiger partial charge in [0.25, 0.3) is 5.56 Å². The number of rotatable bonds is 7. The van der Waals surface area contributed by atoms with Crippen LogP contribution in [0.4, 0.5) is 5.82 Å². The van der Waals surface area contributed by atoms with Gasteiger partial charge >= 0.3 is 5.69 Å². The second-order valence-electron chi connectivity index (χ2n) is 7.32. The Morgan fingerprint density at radius 3 is 2.57 bits per heavy atom. The van der Waals surface area contributed by atoms with Gasteiger partial charge in [0.2, 0.25) is 5.91 Å². The van der Waals surface area contributed by atoms with Crippen LogP contribution in [0.3, 0.4) is 0 Å².